The lowest BCUT2D eigenvalue weighted by atomic mass is 9.90. The summed E-state index contributed by atoms with van der Waals surface area (Å²) < 4.78 is 7.06. The monoisotopic (exact) mass is 295 g/mol. The number of aryl methyl sites for hydroxylation is 2. The van der Waals surface area contributed by atoms with Gasteiger partial charge in [-0.1, -0.05) is 0 Å². The van der Waals surface area contributed by atoms with Gasteiger partial charge >= 0.3 is 6.09 Å². The number of carbonyl (C=O) groups is 2. The van der Waals surface area contributed by atoms with Crippen LogP contribution in [0.25, 0.3) is 0 Å². The van der Waals surface area contributed by atoms with Crippen LogP contribution < -0.4 is 0 Å². The zero-order valence-corrected chi connectivity index (χ0v) is 14.1. The van der Waals surface area contributed by atoms with Gasteiger partial charge in [0.05, 0.1) is 5.69 Å². The van der Waals surface area contributed by atoms with E-state index in [0.29, 0.717) is 0 Å². The molecule has 1 atom stereocenters. The molecule has 0 bridgehead atoms. The number of amides is 1. The predicted octanol–water partition coefficient (Wildman–Crippen LogP) is 2.32. The number of aromatic nitrogens is 2. The first-order valence-corrected chi connectivity index (χ1v) is 6.88. The molecule has 1 aromatic heterocycles. The molecule has 0 radical (unpaired) electrons. The Labute approximate surface area is 126 Å². The van der Waals surface area contributed by atoms with Gasteiger partial charge in [0.2, 0.25) is 0 Å². The Balaban J connectivity index is 3.27. The summed E-state index contributed by atoms with van der Waals surface area (Å²) in [7, 11) is 3.37. The van der Waals surface area contributed by atoms with Crippen molar-refractivity contribution in [2.24, 2.45) is 7.05 Å². The lowest BCUT2D eigenvalue weighted by Crippen LogP contribution is -2.48. The van der Waals surface area contributed by atoms with E-state index in [9.17, 15) is 9.59 Å². The van der Waals surface area contributed by atoms with Gasteiger partial charge in [-0.05, 0) is 41.5 Å². The molecule has 0 N–H and O–H groups in total. The first-order valence-electron chi connectivity index (χ1n) is 6.88. The topological polar surface area (TPSA) is 64.4 Å². The summed E-state index contributed by atoms with van der Waals surface area (Å²) in [5.41, 5.74) is 0.560. The van der Waals surface area contributed by atoms with Gasteiger partial charge in [-0.2, -0.15) is 5.10 Å². The SMILES string of the molecule is Cc1nn(C)c(C)c1C(C)(C=O)N(C)C(=O)OC(C)(C)C. The van der Waals surface area contributed by atoms with Crippen LogP contribution in [0.5, 0.6) is 0 Å². The Bertz CT molecular complexity index is 557. The standard InChI is InChI=1S/C15H25N3O3/c1-10-12(11(2)18(8)16-10)15(6,9-19)17(7)13(20)21-14(3,4)5/h9H,1-8H3. The molecule has 1 rings (SSSR count). The lowest BCUT2D eigenvalue weighted by Gasteiger charge is -2.35. The average Bonchev–Trinajstić information content (AvgIpc) is 2.59. The molecular weight excluding hydrogens is 270 g/mol. The van der Waals surface area contributed by atoms with Crippen LogP contribution >= 0.6 is 0 Å². The predicted molar refractivity (Wildman–Crippen MR) is 80.1 cm³/mol. The van der Waals surface area contributed by atoms with Crippen LogP contribution in [0.15, 0.2) is 0 Å². The van der Waals surface area contributed by atoms with Crippen molar-refractivity contribution in [2.75, 3.05) is 7.05 Å². The molecule has 0 fully saturated rings. The van der Waals surface area contributed by atoms with E-state index in [4.69, 9.17) is 4.74 Å². The second kappa shape index (κ2) is 5.50. The van der Waals surface area contributed by atoms with Crippen LogP contribution in [-0.4, -0.2) is 39.7 Å². The van der Waals surface area contributed by atoms with Crippen LogP contribution in [0.2, 0.25) is 0 Å². The largest absolute Gasteiger partial charge is 0.444 e. The van der Waals surface area contributed by atoms with Crippen molar-refractivity contribution < 1.29 is 14.3 Å². The summed E-state index contributed by atoms with van der Waals surface area (Å²) in [4.78, 5) is 25.4. The number of rotatable bonds is 3. The first kappa shape index (κ1) is 17.2. The summed E-state index contributed by atoms with van der Waals surface area (Å²) in [6.45, 7) is 10.8. The third-order valence-corrected chi connectivity index (χ3v) is 3.61. The van der Waals surface area contributed by atoms with E-state index in [0.717, 1.165) is 23.2 Å². The van der Waals surface area contributed by atoms with Crippen LogP contribution in [0, 0.1) is 13.8 Å². The zero-order valence-electron chi connectivity index (χ0n) is 14.1. The minimum Gasteiger partial charge on any atom is -0.444 e. The Morgan fingerprint density at radius 3 is 2.14 bits per heavy atom. The summed E-state index contributed by atoms with van der Waals surface area (Å²) in [5.74, 6) is 0. The molecule has 1 aromatic rings. The fraction of sp³-hybridized carbons (Fsp3) is 0.667. The minimum absolute atomic E-state index is 0.542. The van der Waals surface area contributed by atoms with E-state index in [-0.39, 0.29) is 0 Å². The van der Waals surface area contributed by atoms with Gasteiger partial charge < -0.3 is 9.53 Å². The number of likely N-dealkylation sites (N-methyl/N-ethyl adjacent to an activating group) is 1. The van der Waals surface area contributed by atoms with Crippen molar-refractivity contribution in [3.05, 3.63) is 17.0 Å². The molecule has 0 aliphatic rings. The highest BCUT2D eigenvalue weighted by atomic mass is 16.6. The Morgan fingerprint density at radius 1 is 1.29 bits per heavy atom. The molecule has 0 aromatic carbocycles. The van der Waals surface area contributed by atoms with Crippen LogP contribution in [0.4, 0.5) is 4.79 Å². The number of carbonyl (C=O) groups excluding carboxylic acids is 2. The van der Waals surface area contributed by atoms with E-state index in [1.165, 1.54) is 4.90 Å². The van der Waals surface area contributed by atoms with Gasteiger partial charge in [0.1, 0.15) is 17.4 Å². The maximum absolute atomic E-state index is 12.3. The summed E-state index contributed by atoms with van der Waals surface area (Å²) in [6.07, 6.45) is 0.216. The van der Waals surface area contributed by atoms with Gasteiger partial charge in [0, 0.05) is 25.4 Å². The van der Waals surface area contributed by atoms with Crippen LogP contribution in [0.3, 0.4) is 0 Å². The quantitative estimate of drug-likeness (QED) is 0.803. The van der Waals surface area contributed by atoms with Crippen LogP contribution in [-0.2, 0) is 22.1 Å². The highest BCUT2D eigenvalue weighted by Gasteiger charge is 2.40. The van der Waals surface area contributed by atoms with E-state index in [1.54, 1.807) is 39.4 Å². The number of hydrogen-bond acceptors (Lipinski definition) is 4. The normalized spacial score (nSPS) is 14.5. The van der Waals surface area contributed by atoms with Gasteiger partial charge in [0.15, 0.2) is 0 Å². The molecule has 118 valence electrons. The molecule has 1 amide bonds. The van der Waals surface area contributed by atoms with Crippen molar-refractivity contribution in [3.8, 4) is 0 Å². The van der Waals surface area contributed by atoms with Crippen LogP contribution in [0.1, 0.15) is 44.6 Å². The van der Waals surface area contributed by atoms with E-state index in [1.807, 2.05) is 20.9 Å². The number of ether oxygens (including phenoxy) is 1. The number of aldehydes is 1. The molecule has 1 unspecified atom stereocenters. The second-order valence-electron chi connectivity index (χ2n) is 6.47. The average molecular weight is 295 g/mol. The second-order valence-corrected chi connectivity index (χ2v) is 6.47. The highest BCUT2D eigenvalue weighted by Crippen LogP contribution is 2.31. The maximum Gasteiger partial charge on any atom is 0.411 e. The summed E-state index contributed by atoms with van der Waals surface area (Å²) in [6, 6.07) is 0. The van der Waals surface area contributed by atoms with Crippen molar-refractivity contribution in [1.29, 1.82) is 0 Å². The smallest absolute Gasteiger partial charge is 0.411 e. The van der Waals surface area contributed by atoms with Gasteiger partial charge in [-0.25, -0.2) is 4.79 Å². The van der Waals surface area contributed by atoms with Crippen molar-refractivity contribution >= 4 is 12.4 Å². The molecule has 6 nitrogen and oxygen atoms in total. The molecule has 0 aliphatic carbocycles. The molecule has 1 heterocycles. The molecule has 0 saturated heterocycles. The van der Waals surface area contributed by atoms with Gasteiger partial charge in [-0.3, -0.25) is 9.58 Å². The minimum atomic E-state index is -1.12. The third-order valence-electron chi connectivity index (χ3n) is 3.61. The molecular formula is C15H25N3O3. The zero-order chi connectivity index (χ0) is 16.6. The van der Waals surface area contributed by atoms with E-state index < -0.39 is 17.2 Å². The third kappa shape index (κ3) is 3.25. The summed E-state index contributed by atoms with van der Waals surface area (Å²) >= 11 is 0. The molecule has 21 heavy (non-hydrogen) atoms. The Hall–Kier alpha value is -1.85. The van der Waals surface area contributed by atoms with Crippen molar-refractivity contribution in [3.63, 3.8) is 0 Å². The fourth-order valence-corrected chi connectivity index (χ4v) is 2.33. The molecule has 0 aliphatic heterocycles. The highest BCUT2D eigenvalue weighted by molar-refractivity contribution is 5.78. The molecule has 6 heteroatoms. The Kier molecular flexibility index (Phi) is 4.51. The van der Waals surface area contributed by atoms with E-state index >= 15 is 0 Å². The lowest BCUT2D eigenvalue weighted by molar-refractivity contribution is -0.117. The first-order chi connectivity index (χ1) is 9.44. The maximum atomic E-state index is 12.3. The fourth-order valence-electron chi connectivity index (χ4n) is 2.33. The van der Waals surface area contributed by atoms with Gasteiger partial charge in [0.25, 0.3) is 0 Å². The Morgan fingerprint density at radius 2 is 1.81 bits per heavy atom. The van der Waals surface area contributed by atoms with Crippen molar-refractivity contribution in [1.82, 2.24) is 14.7 Å². The van der Waals surface area contributed by atoms with Gasteiger partial charge in [-0.15, -0.1) is 0 Å². The molecule has 0 spiro atoms. The summed E-state index contributed by atoms with van der Waals surface area (Å²) in [5, 5.41) is 4.32. The number of nitrogens with zero attached hydrogens (tertiary/aromatic N) is 3. The van der Waals surface area contributed by atoms with E-state index in [2.05, 4.69) is 5.10 Å². The number of hydrogen-bond donors (Lipinski definition) is 0. The molecule has 0 saturated carbocycles. The van der Waals surface area contributed by atoms with Crippen molar-refractivity contribution in [2.45, 2.75) is 52.7 Å².